The van der Waals surface area contributed by atoms with Crippen molar-refractivity contribution in [3.63, 3.8) is 0 Å². The van der Waals surface area contributed by atoms with E-state index in [4.69, 9.17) is 22.3 Å². The highest BCUT2D eigenvalue weighted by Crippen LogP contribution is 2.27. The fraction of sp³-hybridized carbons (Fsp3) is 0.573. The van der Waals surface area contributed by atoms with Gasteiger partial charge in [-0.2, -0.15) is 24.4 Å². The fourth-order valence-electron chi connectivity index (χ4n) is 13.2. The lowest BCUT2D eigenvalue weighted by molar-refractivity contribution is -0.147. The number of aliphatic hydroxyl groups excluding tert-OH is 1. The van der Waals surface area contributed by atoms with Crippen molar-refractivity contribution in [3.8, 4) is 0 Å². The highest BCUT2D eigenvalue weighted by molar-refractivity contribution is 7.98. The van der Waals surface area contributed by atoms with Gasteiger partial charge in [-0.1, -0.05) is 64.1 Å². The molecule has 14 atom stereocenters. The van der Waals surface area contributed by atoms with Gasteiger partial charge in [0.05, 0.1) is 19.2 Å². The molecule has 0 unspecified atom stereocenters. The molecule has 0 bridgehead atoms. The molecule has 4 heterocycles. The molecule has 2 aliphatic rings. The number of carbonyl (C=O) groups excluding carboxylic acids is 14. The number of rotatable bonds is 44. The Morgan fingerprint density at radius 3 is 1.45 bits per heavy atom. The smallest absolute Gasteiger partial charge is 0.328 e. The minimum absolute atomic E-state index is 0.0140. The van der Waals surface area contributed by atoms with Gasteiger partial charge in [-0.05, 0) is 133 Å². The zero-order valence-corrected chi connectivity index (χ0v) is 67.4. The van der Waals surface area contributed by atoms with Crippen LogP contribution in [0.3, 0.4) is 0 Å². The number of aliphatic carboxylic acids is 1. The summed E-state index contributed by atoms with van der Waals surface area (Å²) < 4.78 is 0. The third-order valence-corrected chi connectivity index (χ3v) is 20.4. The number of benzene rings is 2. The number of nitrogens with one attached hydrogen (secondary N) is 14. The molecule has 0 saturated carbocycles. The normalized spacial score (nSPS) is 17.2. The van der Waals surface area contributed by atoms with Crippen LogP contribution >= 0.6 is 24.4 Å². The molecule has 22 N–H and O–H groups in total. The lowest BCUT2D eigenvalue weighted by atomic mass is 9.99. The van der Waals surface area contributed by atoms with Crippen LogP contribution in [0.4, 0.5) is 0 Å². The number of H-pyrrole nitrogens is 2. The summed E-state index contributed by atoms with van der Waals surface area (Å²) in [5.74, 6) is -12.6. The summed E-state index contributed by atoms with van der Waals surface area (Å²) in [6.07, 6.45) is 7.22. The van der Waals surface area contributed by atoms with Gasteiger partial charge in [0.1, 0.15) is 78.5 Å². The molecule has 14 amide bonds. The molecule has 4 aromatic rings. The van der Waals surface area contributed by atoms with E-state index in [0.717, 1.165) is 0 Å². The number of aliphatic imine (C=N–C) groups is 1. The number of amides is 14. The molecule has 2 aromatic heterocycles. The van der Waals surface area contributed by atoms with Crippen LogP contribution in [0.2, 0.25) is 0 Å². The monoisotopic (exact) mass is 1630 g/mol. The van der Waals surface area contributed by atoms with Gasteiger partial charge in [-0.3, -0.25) is 72.1 Å². The van der Waals surface area contributed by atoms with E-state index >= 15 is 0 Å². The Bertz CT molecular complexity index is 4100. The van der Waals surface area contributed by atoms with E-state index in [2.05, 4.69) is 91.4 Å². The molecule has 2 aliphatic heterocycles. The number of likely N-dealkylation sites (tertiary alicyclic amines) is 2. The van der Waals surface area contributed by atoms with Gasteiger partial charge in [0.2, 0.25) is 82.7 Å². The molecule has 0 spiro atoms. The van der Waals surface area contributed by atoms with Crippen LogP contribution < -0.4 is 81.0 Å². The molecular weight excluding hydrogens is 1520 g/mol. The van der Waals surface area contributed by atoms with Gasteiger partial charge in [-0.15, -0.1) is 0 Å². The van der Waals surface area contributed by atoms with Gasteiger partial charge in [0.25, 0.3) is 0 Å². The Morgan fingerprint density at radius 2 is 0.965 bits per heavy atom. The Morgan fingerprint density at radius 1 is 0.535 bits per heavy atom. The van der Waals surface area contributed by atoms with E-state index in [0.29, 0.717) is 70.9 Å². The number of thiol groups is 1. The first kappa shape index (κ1) is 92.3. The average Bonchev–Trinajstić information content (AvgIpc) is 1.65. The van der Waals surface area contributed by atoms with E-state index in [1.807, 2.05) is 6.26 Å². The second-order valence-electron chi connectivity index (χ2n) is 29.4. The number of carboxylic acids is 1. The molecule has 2 fully saturated rings. The Labute approximate surface area is 670 Å². The summed E-state index contributed by atoms with van der Waals surface area (Å²) in [7, 11) is 0. The number of para-hydroxylation sites is 2. The van der Waals surface area contributed by atoms with Gasteiger partial charge in [0, 0.05) is 72.4 Å². The van der Waals surface area contributed by atoms with E-state index in [1.165, 1.54) is 37.5 Å². The summed E-state index contributed by atoms with van der Waals surface area (Å²) in [5, 5.41) is 50.6. The number of nitrogens with zero attached hydrogens (tertiary/aromatic N) is 3. The first-order valence-electron chi connectivity index (χ1n) is 38.1. The summed E-state index contributed by atoms with van der Waals surface area (Å²) in [6.45, 7) is 11.4. The predicted octanol–water partition coefficient (Wildman–Crippen LogP) is -2.82. The average molecular weight is 1630 g/mol. The molecule has 626 valence electrons. The molecule has 39 heteroatoms. The van der Waals surface area contributed by atoms with E-state index in [9.17, 15) is 77.0 Å². The topological polar surface area (TPSA) is 569 Å². The number of thioether (sulfide) groups is 1. The number of nitrogens with two attached hydrogens (primary N) is 3. The van der Waals surface area contributed by atoms with Gasteiger partial charge in [-0.25, -0.2) is 4.79 Å². The van der Waals surface area contributed by atoms with Crippen LogP contribution in [0, 0.1) is 11.8 Å². The molecule has 2 saturated heterocycles. The first-order chi connectivity index (χ1) is 54.0. The maximum atomic E-state index is 14.9. The largest absolute Gasteiger partial charge is 0.480 e. The van der Waals surface area contributed by atoms with Crippen molar-refractivity contribution in [2.75, 3.05) is 50.5 Å². The van der Waals surface area contributed by atoms with Crippen molar-refractivity contribution < 1.29 is 82.1 Å². The fourth-order valence-corrected chi connectivity index (χ4v) is 13.9. The lowest BCUT2D eigenvalue weighted by Gasteiger charge is -2.32. The van der Waals surface area contributed by atoms with Gasteiger partial charge >= 0.3 is 5.97 Å². The van der Waals surface area contributed by atoms with Crippen LogP contribution in [-0.4, -0.2) is 260 Å². The molecule has 6 rings (SSSR count). The van der Waals surface area contributed by atoms with E-state index < -0.39 is 181 Å². The van der Waals surface area contributed by atoms with Gasteiger partial charge < -0.3 is 111 Å². The Kier molecular flexibility index (Phi) is 36.3. The Hall–Kier alpha value is -10.5. The summed E-state index contributed by atoms with van der Waals surface area (Å²) in [6, 6.07) is -3.53. The maximum absolute atomic E-state index is 14.9. The molecule has 0 radical (unpaired) electrons. The van der Waals surface area contributed by atoms with Crippen LogP contribution in [-0.2, 0) is 84.8 Å². The SMILES string of the molecule is CSCC[C@H](N)C(=O)N1CCC[C@H]1C(=O)N1CCC[C@H]1C(=O)N[C@@H](CCCN=C(N)N)C(=O)N[C@@H](C)C(=O)N[C@@H](C)C(=O)N[C@@H](Cc1c[nH]c2ccccc12)C(=O)N[C@@H](C)C(=O)N[C@@H](Cc1c[nH]c2ccccc12)C(=O)N[C@@H](CC(C)C)C(=O)N[C@@H](CC(C)C)C(=O)N[C@@H](CS)C(=O)NCC(=O)N[C@@H](C)C(=O)N[C@@H](CO)C(=O)O. The van der Waals surface area contributed by atoms with Crippen molar-refractivity contribution in [2.24, 2.45) is 34.0 Å². The van der Waals surface area contributed by atoms with Crippen molar-refractivity contribution in [3.05, 3.63) is 72.1 Å². The van der Waals surface area contributed by atoms with E-state index in [-0.39, 0.29) is 87.5 Å². The molecular formula is C75H112N20O17S2. The number of guanidine groups is 1. The third-order valence-electron chi connectivity index (χ3n) is 19.4. The van der Waals surface area contributed by atoms with Crippen LogP contribution in [0.15, 0.2) is 65.9 Å². The number of fused-ring (bicyclic) bond motifs is 2. The van der Waals surface area contributed by atoms with Crippen molar-refractivity contribution >= 4 is 141 Å². The molecule has 37 nitrogen and oxygen atoms in total. The quantitative estimate of drug-likeness (QED) is 0.00919. The number of aromatic nitrogens is 2. The van der Waals surface area contributed by atoms with Crippen molar-refractivity contribution in [1.82, 2.24) is 83.6 Å². The van der Waals surface area contributed by atoms with Crippen molar-refractivity contribution in [2.45, 2.75) is 211 Å². The summed E-state index contributed by atoms with van der Waals surface area (Å²) >= 11 is 5.78. The minimum atomic E-state index is -1.63. The highest BCUT2D eigenvalue weighted by atomic mass is 32.2. The van der Waals surface area contributed by atoms with Gasteiger partial charge in [0.15, 0.2) is 5.96 Å². The van der Waals surface area contributed by atoms with Crippen LogP contribution in [0.25, 0.3) is 21.8 Å². The molecule has 2 aromatic carbocycles. The van der Waals surface area contributed by atoms with E-state index in [1.54, 1.807) is 100 Å². The molecule has 114 heavy (non-hydrogen) atoms. The number of aliphatic hydroxyl groups is 1. The number of hydrogen-bond donors (Lipinski definition) is 20. The third kappa shape index (κ3) is 27.4. The summed E-state index contributed by atoms with van der Waals surface area (Å²) in [4.78, 5) is 220. The lowest BCUT2D eigenvalue weighted by Crippen LogP contribution is -2.60. The maximum Gasteiger partial charge on any atom is 0.328 e. The minimum Gasteiger partial charge on any atom is -0.480 e. The zero-order chi connectivity index (χ0) is 84.2. The Balaban J connectivity index is 1.14. The first-order valence-corrected chi connectivity index (χ1v) is 40.1. The summed E-state index contributed by atoms with van der Waals surface area (Å²) in [5.41, 5.74) is 19.9. The number of hydrogen-bond acceptors (Lipinski definition) is 20. The second kappa shape index (κ2) is 44.8. The highest BCUT2D eigenvalue weighted by Gasteiger charge is 2.44. The zero-order valence-electron chi connectivity index (χ0n) is 65.7. The number of aromatic amines is 2. The number of carbonyl (C=O) groups is 15. The second-order valence-corrected chi connectivity index (χ2v) is 30.8. The predicted molar refractivity (Wildman–Crippen MR) is 429 cm³/mol. The van der Waals surface area contributed by atoms with Crippen LogP contribution in [0.5, 0.6) is 0 Å². The van der Waals surface area contributed by atoms with Crippen LogP contribution in [0.1, 0.15) is 124 Å². The van der Waals surface area contributed by atoms with Crippen molar-refractivity contribution in [1.29, 1.82) is 0 Å². The molecule has 0 aliphatic carbocycles. The number of carboxylic acid groups (broad SMARTS) is 1. The standard InChI is InChI=1S/C75H112N20O17S2/c1-38(2)29-52(68(105)90-53(30-39(3)4)69(106)93-57(37-113)65(102)82-35-60(97)83-40(5)62(99)92-56(36-96)74(111)112)91-70(107)55(32-45-34-81-50-20-13-11-18-47(45)50)89-64(101)43(8)86-67(104)54(31-44-33-80-49-19-12-10-17-46(44)49)88-63(100)42(7)84-61(98)41(6)85-66(103)51(21-14-25-79-75(77)78)87-71(108)58-22-15-26-94(58)73(110)59-23-16-27-95(59)72(109)48(76)24-28-114-9/h10-13,17-20,33-34,38-43,48,51-59,80-81,96,113H,14-16,21-32,35-37,76H2,1-9H3,(H,82,102)(H,83,97)(H,84,98)(H,85,103)(H,86,104)(H,87,108)(H,88,100)(H,89,101)(H,90,105)(H,91,107)(H,92,99)(H,93,106)(H,111,112)(H4,77,78,79)/t40-,41-,42-,43-,48-,51-,52-,53-,54-,55-,56-,57-,58-,59-/m0/s1.